The summed E-state index contributed by atoms with van der Waals surface area (Å²) in [4.78, 5) is 2.49. The van der Waals surface area contributed by atoms with Crippen molar-refractivity contribution in [2.45, 2.75) is 31.9 Å². The first kappa shape index (κ1) is 10.6. The lowest BCUT2D eigenvalue weighted by Crippen LogP contribution is -2.32. The van der Waals surface area contributed by atoms with Crippen molar-refractivity contribution in [1.82, 2.24) is 0 Å². The molecular formula is C13H16BrNO. The van der Waals surface area contributed by atoms with E-state index in [1.807, 2.05) is 12.1 Å². The van der Waals surface area contributed by atoms with Gasteiger partial charge in [-0.3, -0.25) is 0 Å². The van der Waals surface area contributed by atoms with Gasteiger partial charge in [0.1, 0.15) is 0 Å². The van der Waals surface area contributed by atoms with Crippen molar-refractivity contribution in [3.8, 4) is 0 Å². The van der Waals surface area contributed by atoms with E-state index < -0.39 is 0 Å². The molecule has 86 valence electrons. The van der Waals surface area contributed by atoms with E-state index in [-0.39, 0.29) is 6.61 Å². The molecule has 2 unspecified atom stereocenters. The molecule has 0 aromatic heterocycles. The predicted octanol–water partition coefficient (Wildman–Crippen LogP) is 2.93. The molecule has 2 nitrogen and oxygen atoms in total. The van der Waals surface area contributed by atoms with E-state index in [1.165, 1.54) is 31.5 Å². The van der Waals surface area contributed by atoms with Gasteiger partial charge in [0, 0.05) is 28.3 Å². The van der Waals surface area contributed by atoms with Crippen molar-refractivity contribution in [2.75, 3.05) is 11.4 Å². The Morgan fingerprint density at radius 2 is 2.25 bits per heavy atom. The molecule has 2 fully saturated rings. The van der Waals surface area contributed by atoms with Crippen molar-refractivity contribution in [3.63, 3.8) is 0 Å². The van der Waals surface area contributed by atoms with Crippen LogP contribution in [0.25, 0.3) is 0 Å². The van der Waals surface area contributed by atoms with Crippen LogP contribution >= 0.6 is 15.9 Å². The largest absolute Gasteiger partial charge is 0.392 e. The molecule has 0 amide bonds. The molecule has 1 saturated carbocycles. The van der Waals surface area contributed by atoms with Gasteiger partial charge in [-0.1, -0.05) is 22.0 Å². The number of rotatable bonds is 2. The Hall–Kier alpha value is -0.540. The maximum Gasteiger partial charge on any atom is 0.0702 e. The zero-order valence-corrected chi connectivity index (χ0v) is 10.8. The number of hydrogen-bond donors (Lipinski definition) is 1. The van der Waals surface area contributed by atoms with Crippen LogP contribution in [-0.4, -0.2) is 17.7 Å². The van der Waals surface area contributed by atoms with Crippen LogP contribution in [-0.2, 0) is 6.61 Å². The first-order valence-corrected chi connectivity index (χ1v) is 6.73. The van der Waals surface area contributed by atoms with Gasteiger partial charge in [0.05, 0.1) is 6.61 Å². The minimum atomic E-state index is 0.135. The molecule has 16 heavy (non-hydrogen) atoms. The van der Waals surface area contributed by atoms with Crippen LogP contribution in [0.3, 0.4) is 0 Å². The van der Waals surface area contributed by atoms with Crippen molar-refractivity contribution >= 4 is 21.6 Å². The van der Waals surface area contributed by atoms with Gasteiger partial charge in [-0.25, -0.2) is 0 Å². The van der Waals surface area contributed by atoms with Gasteiger partial charge in [-0.15, -0.1) is 0 Å². The number of nitrogens with zero attached hydrogens (tertiary/aromatic N) is 1. The van der Waals surface area contributed by atoms with Crippen LogP contribution in [0.15, 0.2) is 22.7 Å². The Morgan fingerprint density at radius 3 is 2.88 bits per heavy atom. The summed E-state index contributed by atoms with van der Waals surface area (Å²) in [6, 6.07) is 6.88. The molecule has 2 atom stereocenters. The van der Waals surface area contributed by atoms with Gasteiger partial charge >= 0.3 is 0 Å². The average molecular weight is 282 g/mol. The molecule has 0 radical (unpaired) electrons. The lowest BCUT2D eigenvalue weighted by atomic mass is 10.1. The fourth-order valence-electron chi connectivity index (χ4n) is 3.16. The Balaban J connectivity index is 1.96. The zero-order valence-electron chi connectivity index (χ0n) is 9.19. The number of hydrogen-bond acceptors (Lipinski definition) is 2. The summed E-state index contributed by atoms with van der Waals surface area (Å²) in [6.45, 7) is 1.31. The van der Waals surface area contributed by atoms with Gasteiger partial charge in [-0.2, -0.15) is 0 Å². The summed E-state index contributed by atoms with van der Waals surface area (Å²) >= 11 is 3.52. The van der Waals surface area contributed by atoms with Gasteiger partial charge in [0.2, 0.25) is 0 Å². The second-order valence-electron chi connectivity index (χ2n) is 4.92. The Labute approximate surface area is 104 Å². The minimum Gasteiger partial charge on any atom is -0.392 e. The van der Waals surface area contributed by atoms with Crippen LogP contribution in [0.2, 0.25) is 0 Å². The highest BCUT2D eigenvalue weighted by atomic mass is 79.9. The average Bonchev–Trinajstić information content (AvgIpc) is 2.90. The number of aliphatic hydroxyl groups excluding tert-OH is 1. The summed E-state index contributed by atoms with van der Waals surface area (Å²) in [7, 11) is 0. The third-order valence-corrected chi connectivity index (χ3v) is 4.43. The molecule has 1 heterocycles. The molecule has 1 aliphatic carbocycles. The van der Waals surface area contributed by atoms with Gasteiger partial charge in [0.25, 0.3) is 0 Å². The molecule has 1 aliphatic heterocycles. The standard InChI is InChI=1S/C13H16BrNO/c14-11-3-2-10(8-16)13(6-11)15-7-9-1-4-12(15)5-9/h2-3,6,9,12,16H,1,4-5,7-8H2. The minimum absolute atomic E-state index is 0.135. The summed E-state index contributed by atoms with van der Waals surface area (Å²) in [5, 5.41) is 9.40. The highest BCUT2D eigenvalue weighted by Gasteiger charge is 2.38. The zero-order chi connectivity index (χ0) is 11.1. The summed E-state index contributed by atoms with van der Waals surface area (Å²) < 4.78 is 1.10. The molecule has 3 rings (SSSR count). The number of fused-ring (bicyclic) bond motifs is 2. The number of aliphatic hydroxyl groups is 1. The topological polar surface area (TPSA) is 23.5 Å². The molecule has 1 aromatic carbocycles. The maximum absolute atomic E-state index is 9.40. The normalized spacial score (nSPS) is 27.8. The molecule has 0 spiro atoms. The van der Waals surface area contributed by atoms with Crippen molar-refractivity contribution < 1.29 is 5.11 Å². The highest BCUT2D eigenvalue weighted by molar-refractivity contribution is 9.10. The Morgan fingerprint density at radius 1 is 1.38 bits per heavy atom. The number of anilines is 1. The summed E-state index contributed by atoms with van der Waals surface area (Å²) in [5.74, 6) is 0.885. The van der Waals surface area contributed by atoms with Crippen LogP contribution in [0.4, 0.5) is 5.69 Å². The molecule has 1 aromatic rings. The van der Waals surface area contributed by atoms with Gasteiger partial charge in [-0.05, 0) is 37.3 Å². The quantitative estimate of drug-likeness (QED) is 0.901. The first-order valence-electron chi connectivity index (χ1n) is 5.94. The first-order chi connectivity index (χ1) is 7.78. The number of benzene rings is 1. The Bertz CT molecular complexity index is 407. The van der Waals surface area contributed by atoms with Crippen molar-refractivity contribution in [2.24, 2.45) is 5.92 Å². The van der Waals surface area contributed by atoms with E-state index in [1.54, 1.807) is 0 Å². The van der Waals surface area contributed by atoms with E-state index in [0.29, 0.717) is 6.04 Å². The predicted molar refractivity (Wildman–Crippen MR) is 68.5 cm³/mol. The van der Waals surface area contributed by atoms with E-state index in [2.05, 4.69) is 26.9 Å². The van der Waals surface area contributed by atoms with Crippen LogP contribution in [0, 0.1) is 5.92 Å². The maximum atomic E-state index is 9.40. The second-order valence-corrected chi connectivity index (χ2v) is 5.83. The molecule has 3 heteroatoms. The van der Waals surface area contributed by atoms with Crippen molar-refractivity contribution in [3.05, 3.63) is 28.2 Å². The molecular weight excluding hydrogens is 266 g/mol. The van der Waals surface area contributed by atoms with Gasteiger partial charge in [0.15, 0.2) is 0 Å². The molecule has 1 N–H and O–H groups in total. The third-order valence-electron chi connectivity index (χ3n) is 3.94. The third kappa shape index (κ3) is 1.66. The second kappa shape index (κ2) is 4.04. The van der Waals surface area contributed by atoms with Crippen LogP contribution in [0.5, 0.6) is 0 Å². The summed E-state index contributed by atoms with van der Waals surface area (Å²) in [6.07, 6.45) is 4.06. The van der Waals surface area contributed by atoms with Crippen LogP contribution < -0.4 is 4.90 Å². The Kier molecular flexibility index (Phi) is 2.68. The monoisotopic (exact) mass is 281 g/mol. The lowest BCUT2D eigenvalue weighted by molar-refractivity contribution is 0.282. The van der Waals surface area contributed by atoms with E-state index in [0.717, 1.165) is 16.0 Å². The molecule has 2 aliphatic rings. The fraction of sp³-hybridized carbons (Fsp3) is 0.538. The SMILES string of the molecule is OCc1ccc(Br)cc1N1CC2CCC1C2. The number of piperidine rings is 1. The number of halogens is 1. The lowest BCUT2D eigenvalue weighted by Gasteiger charge is -2.31. The van der Waals surface area contributed by atoms with E-state index in [4.69, 9.17) is 0 Å². The molecule has 1 saturated heterocycles. The summed E-state index contributed by atoms with van der Waals surface area (Å²) in [5.41, 5.74) is 2.28. The van der Waals surface area contributed by atoms with E-state index >= 15 is 0 Å². The van der Waals surface area contributed by atoms with Gasteiger partial charge < -0.3 is 10.0 Å². The fourth-order valence-corrected chi connectivity index (χ4v) is 3.51. The highest BCUT2D eigenvalue weighted by Crippen LogP contribution is 2.41. The van der Waals surface area contributed by atoms with Crippen molar-refractivity contribution in [1.29, 1.82) is 0 Å². The van der Waals surface area contributed by atoms with E-state index in [9.17, 15) is 5.11 Å². The molecule has 2 bridgehead atoms. The smallest absolute Gasteiger partial charge is 0.0702 e. The van der Waals surface area contributed by atoms with Crippen LogP contribution in [0.1, 0.15) is 24.8 Å².